The molecule has 11 heteroatoms. The van der Waals surface area contributed by atoms with Gasteiger partial charge in [-0.3, -0.25) is 24.3 Å². The number of benzene rings is 2. The maximum absolute atomic E-state index is 14.2. The summed E-state index contributed by atoms with van der Waals surface area (Å²) in [6, 6.07) is 15.4. The number of nitrogens with one attached hydrogen (secondary N) is 1. The third-order valence-corrected chi connectivity index (χ3v) is 6.91. The van der Waals surface area contributed by atoms with Gasteiger partial charge in [-0.05, 0) is 53.3 Å². The van der Waals surface area contributed by atoms with E-state index in [1.807, 2.05) is 31.2 Å². The number of para-hydroxylation sites is 1. The van der Waals surface area contributed by atoms with Gasteiger partial charge in [-0.15, -0.1) is 0 Å². The summed E-state index contributed by atoms with van der Waals surface area (Å²) in [5, 5.41) is 3.68. The monoisotopic (exact) mass is 532 g/mol. The highest BCUT2D eigenvalue weighted by Gasteiger charge is 2.36. The largest absolute Gasteiger partial charge is 0.395 e. The lowest BCUT2D eigenvalue weighted by molar-refractivity contribution is -0.122. The summed E-state index contributed by atoms with van der Waals surface area (Å²) >= 11 is 0.769. The predicted octanol–water partition coefficient (Wildman–Crippen LogP) is 3.09. The number of carbonyl (C=O) groups excluding carboxylic acids is 3. The van der Waals surface area contributed by atoms with Gasteiger partial charge in [0.1, 0.15) is 10.9 Å². The number of aryl methyl sites for hydroxylation is 1. The Kier molecular flexibility index (Phi) is 8.29. The molecule has 4 aromatic rings. The summed E-state index contributed by atoms with van der Waals surface area (Å²) in [6.07, 6.45) is 2.29. The lowest BCUT2D eigenvalue weighted by Gasteiger charge is -2.32. The maximum atomic E-state index is 14.2. The molecular formula is C27H28N6O4S. The van der Waals surface area contributed by atoms with Crippen molar-refractivity contribution in [3.63, 3.8) is 0 Å². The van der Waals surface area contributed by atoms with Crippen LogP contribution in [0.15, 0.2) is 60.8 Å². The van der Waals surface area contributed by atoms with Crippen molar-refractivity contribution in [2.24, 2.45) is 5.73 Å². The van der Waals surface area contributed by atoms with Gasteiger partial charge in [-0.1, -0.05) is 37.3 Å². The van der Waals surface area contributed by atoms with E-state index in [1.165, 1.54) is 12.0 Å². The molecule has 196 valence electrons. The van der Waals surface area contributed by atoms with Gasteiger partial charge in [0.05, 0.1) is 17.8 Å². The van der Waals surface area contributed by atoms with E-state index in [2.05, 4.69) is 14.7 Å². The van der Waals surface area contributed by atoms with Crippen molar-refractivity contribution in [2.45, 2.75) is 19.4 Å². The fourth-order valence-electron chi connectivity index (χ4n) is 4.20. The minimum absolute atomic E-state index is 0.0156. The van der Waals surface area contributed by atoms with Crippen molar-refractivity contribution < 1.29 is 19.1 Å². The highest BCUT2D eigenvalue weighted by molar-refractivity contribution is 7.09. The predicted molar refractivity (Wildman–Crippen MR) is 147 cm³/mol. The Morgan fingerprint density at radius 2 is 1.92 bits per heavy atom. The minimum atomic E-state index is -1.09. The number of aromatic nitrogens is 2. The molecule has 0 fully saturated rings. The van der Waals surface area contributed by atoms with Gasteiger partial charge in [0, 0.05) is 30.9 Å². The Bertz CT molecular complexity index is 1490. The van der Waals surface area contributed by atoms with Gasteiger partial charge in [-0.2, -0.15) is 4.37 Å². The molecule has 1 atom stereocenters. The quantitative estimate of drug-likeness (QED) is 0.265. The van der Waals surface area contributed by atoms with E-state index in [0.717, 1.165) is 28.0 Å². The second-order valence-electron chi connectivity index (χ2n) is 8.44. The summed E-state index contributed by atoms with van der Waals surface area (Å²) in [4.78, 5) is 45.6. The standard InChI is InChI=1S/C27H28N6O4S/c1-3-16-7-4-5-9-20(16)33(27(36)24-21(28)22(25(29)34)32-38-24)23(26(35)31-13-14-37-2)18-10-11-19-17(15-18)8-6-12-30-19/h4-12,15,23H,3,13-14,28H2,1-2H3,(H2,29,34)(H,31,35)/t23-/m0/s1. The molecule has 4 rings (SSSR count). The van der Waals surface area contributed by atoms with Crippen LogP contribution in [-0.4, -0.2) is 47.3 Å². The SMILES string of the molecule is CCc1ccccc1N(C(=O)c1snc(C(N)=O)c1N)[C@H](C(=O)NCCOC)c1ccc2ncccc2c1. The summed E-state index contributed by atoms with van der Waals surface area (Å²) < 4.78 is 9.11. The molecule has 0 spiro atoms. The number of hydrogen-bond donors (Lipinski definition) is 3. The Morgan fingerprint density at radius 3 is 2.63 bits per heavy atom. The Morgan fingerprint density at radius 1 is 1.13 bits per heavy atom. The van der Waals surface area contributed by atoms with E-state index in [0.29, 0.717) is 24.3 Å². The average molecular weight is 533 g/mol. The van der Waals surface area contributed by atoms with Crippen LogP contribution in [0.2, 0.25) is 0 Å². The van der Waals surface area contributed by atoms with E-state index in [4.69, 9.17) is 16.2 Å². The van der Waals surface area contributed by atoms with Crippen LogP contribution in [0.25, 0.3) is 10.9 Å². The summed E-state index contributed by atoms with van der Waals surface area (Å²) in [6.45, 7) is 2.50. The lowest BCUT2D eigenvalue weighted by Crippen LogP contribution is -2.45. The minimum Gasteiger partial charge on any atom is -0.395 e. The van der Waals surface area contributed by atoms with Gasteiger partial charge >= 0.3 is 0 Å². The number of nitrogen functional groups attached to an aromatic ring is 1. The number of nitrogens with zero attached hydrogens (tertiary/aromatic N) is 3. The molecule has 5 N–H and O–H groups in total. The molecule has 0 saturated heterocycles. The number of ether oxygens (including phenoxy) is 1. The molecule has 0 saturated carbocycles. The molecule has 3 amide bonds. The molecule has 0 radical (unpaired) electrons. The van der Waals surface area contributed by atoms with Crippen molar-refractivity contribution in [1.29, 1.82) is 0 Å². The van der Waals surface area contributed by atoms with Crippen LogP contribution in [-0.2, 0) is 16.0 Å². The van der Waals surface area contributed by atoms with Gasteiger partial charge in [0.25, 0.3) is 11.8 Å². The van der Waals surface area contributed by atoms with Gasteiger partial charge < -0.3 is 21.5 Å². The molecule has 2 heterocycles. The average Bonchev–Trinajstić information content (AvgIpc) is 3.32. The molecule has 2 aromatic carbocycles. The highest BCUT2D eigenvalue weighted by Crippen LogP contribution is 2.35. The third kappa shape index (κ3) is 5.34. The first-order valence-electron chi connectivity index (χ1n) is 11.9. The Balaban J connectivity index is 1.93. The van der Waals surface area contributed by atoms with E-state index >= 15 is 0 Å². The number of fused-ring (bicyclic) bond motifs is 1. The van der Waals surface area contributed by atoms with Gasteiger partial charge in [0.2, 0.25) is 5.91 Å². The van der Waals surface area contributed by atoms with Gasteiger partial charge in [-0.25, -0.2) is 0 Å². The van der Waals surface area contributed by atoms with Crippen molar-refractivity contribution in [2.75, 3.05) is 30.9 Å². The number of primary amides is 1. The number of hydrogen-bond acceptors (Lipinski definition) is 8. The number of nitrogens with two attached hydrogens (primary N) is 2. The van der Waals surface area contributed by atoms with Crippen molar-refractivity contribution >= 4 is 51.5 Å². The van der Waals surface area contributed by atoms with Crippen LogP contribution >= 0.6 is 11.5 Å². The molecule has 0 bridgehead atoms. The van der Waals surface area contributed by atoms with Crippen LogP contribution in [0.5, 0.6) is 0 Å². The number of amides is 3. The van der Waals surface area contributed by atoms with Crippen molar-refractivity contribution in [3.05, 3.63) is 82.5 Å². The second kappa shape index (κ2) is 11.8. The maximum Gasteiger partial charge on any atom is 0.273 e. The molecule has 38 heavy (non-hydrogen) atoms. The first-order valence-corrected chi connectivity index (χ1v) is 12.7. The number of carbonyl (C=O) groups is 3. The second-order valence-corrected chi connectivity index (χ2v) is 9.21. The van der Waals surface area contributed by atoms with Crippen LogP contribution in [0.4, 0.5) is 11.4 Å². The fourth-order valence-corrected chi connectivity index (χ4v) is 4.95. The topological polar surface area (TPSA) is 154 Å². The molecule has 2 aromatic heterocycles. The first kappa shape index (κ1) is 26.7. The number of pyridine rings is 1. The van der Waals surface area contributed by atoms with Crippen molar-refractivity contribution in [1.82, 2.24) is 14.7 Å². The van der Waals surface area contributed by atoms with E-state index < -0.39 is 23.8 Å². The van der Waals surface area contributed by atoms with Gasteiger partial charge in [0.15, 0.2) is 5.69 Å². The lowest BCUT2D eigenvalue weighted by atomic mass is 9.99. The van der Waals surface area contributed by atoms with Crippen molar-refractivity contribution in [3.8, 4) is 0 Å². The summed E-state index contributed by atoms with van der Waals surface area (Å²) in [5.74, 6) is -1.83. The summed E-state index contributed by atoms with van der Waals surface area (Å²) in [5.41, 5.74) is 13.9. The van der Waals surface area contributed by atoms with E-state index in [1.54, 1.807) is 36.5 Å². The molecule has 0 aliphatic heterocycles. The molecule has 10 nitrogen and oxygen atoms in total. The van der Waals surface area contributed by atoms with E-state index in [9.17, 15) is 14.4 Å². The van der Waals surface area contributed by atoms with Crippen LogP contribution in [0.1, 0.15) is 44.3 Å². The smallest absolute Gasteiger partial charge is 0.273 e. The molecule has 0 unspecified atom stereocenters. The zero-order chi connectivity index (χ0) is 27.2. The highest BCUT2D eigenvalue weighted by atomic mass is 32.1. The number of methoxy groups -OCH3 is 1. The Hall–Kier alpha value is -4.35. The van der Waals surface area contributed by atoms with Crippen LogP contribution < -0.4 is 21.7 Å². The van der Waals surface area contributed by atoms with Crippen LogP contribution in [0.3, 0.4) is 0 Å². The Labute approximate surface area is 223 Å². The third-order valence-electron chi connectivity index (χ3n) is 6.06. The normalized spacial score (nSPS) is 11.7. The first-order chi connectivity index (χ1) is 18.4. The molecular weight excluding hydrogens is 504 g/mol. The summed E-state index contributed by atoms with van der Waals surface area (Å²) in [7, 11) is 1.54. The number of anilines is 2. The zero-order valence-corrected chi connectivity index (χ0v) is 21.8. The fraction of sp³-hybridized carbons (Fsp3) is 0.222. The molecule has 0 aliphatic rings. The van der Waals surface area contributed by atoms with Crippen LogP contribution in [0, 0.1) is 0 Å². The molecule has 0 aliphatic carbocycles. The van der Waals surface area contributed by atoms with E-state index in [-0.39, 0.29) is 22.8 Å². The number of rotatable bonds is 10. The zero-order valence-electron chi connectivity index (χ0n) is 21.0.